The van der Waals surface area contributed by atoms with Gasteiger partial charge in [-0.25, -0.2) is 4.98 Å². The number of pyridine rings is 1. The molecule has 1 aromatic heterocycles. The normalized spacial score (nSPS) is 12.3. The van der Waals surface area contributed by atoms with Gasteiger partial charge in [-0.3, -0.25) is 4.79 Å². The highest BCUT2D eigenvalue weighted by Gasteiger charge is 2.19. The van der Waals surface area contributed by atoms with Gasteiger partial charge >= 0.3 is 0 Å². The predicted molar refractivity (Wildman–Crippen MR) is 125 cm³/mol. The number of nitrogens with zero attached hydrogens (tertiary/aromatic N) is 2. The van der Waals surface area contributed by atoms with Gasteiger partial charge in [-0.1, -0.05) is 32.0 Å². The quantitative estimate of drug-likeness (QED) is 0.590. The molecule has 0 saturated carbocycles. The lowest BCUT2D eigenvalue weighted by Gasteiger charge is -2.28. The molecule has 1 N–H and O–H groups in total. The van der Waals surface area contributed by atoms with E-state index in [1.807, 2.05) is 62.6 Å². The number of benzene rings is 2. The monoisotopic (exact) mass is 421 g/mol. The van der Waals surface area contributed by atoms with Crippen LogP contribution in [0.3, 0.4) is 0 Å². The molecule has 6 nitrogen and oxygen atoms in total. The lowest BCUT2D eigenvalue weighted by Crippen LogP contribution is -2.43. The van der Waals surface area contributed by atoms with E-state index in [-0.39, 0.29) is 11.9 Å². The van der Waals surface area contributed by atoms with Gasteiger partial charge in [-0.15, -0.1) is 0 Å². The molecule has 0 fully saturated rings. The number of amides is 1. The Hall–Kier alpha value is -3.12. The van der Waals surface area contributed by atoms with E-state index < -0.39 is 0 Å². The third-order valence-electron chi connectivity index (χ3n) is 5.54. The number of para-hydroxylation sites is 1. The molecule has 0 unspecified atom stereocenters. The lowest BCUT2D eigenvalue weighted by molar-refractivity contribution is 0.0936. The first kappa shape index (κ1) is 22.6. The number of ether oxygens (including phenoxy) is 2. The second kappa shape index (κ2) is 9.79. The molecule has 0 aliphatic heterocycles. The summed E-state index contributed by atoms with van der Waals surface area (Å²) in [6.07, 6.45) is 0. The molecule has 0 radical (unpaired) electrons. The highest BCUT2D eigenvalue weighted by molar-refractivity contribution is 6.07. The fourth-order valence-corrected chi connectivity index (χ4v) is 3.81. The van der Waals surface area contributed by atoms with Crippen molar-refractivity contribution in [1.29, 1.82) is 0 Å². The van der Waals surface area contributed by atoms with E-state index in [4.69, 9.17) is 14.5 Å². The third-order valence-corrected chi connectivity index (χ3v) is 5.54. The second-order valence-corrected chi connectivity index (χ2v) is 8.13. The van der Waals surface area contributed by atoms with Crippen molar-refractivity contribution >= 4 is 16.8 Å². The van der Waals surface area contributed by atoms with E-state index in [1.54, 1.807) is 14.2 Å². The van der Waals surface area contributed by atoms with E-state index >= 15 is 0 Å². The number of fused-ring (bicyclic) bond motifs is 1. The average molecular weight is 422 g/mol. The van der Waals surface area contributed by atoms with Crippen LogP contribution in [0.2, 0.25) is 0 Å². The Bertz CT molecular complexity index is 1060. The van der Waals surface area contributed by atoms with Crippen molar-refractivity contribution in [3.8, 4) is 22.8 Å². The molecular formula is C25H31N3O3. The highest BCUT2D eigenvalue weighted by Crippen LogP contribution is 2.33. The number of likely N-dealkylation sites (N-methyl/N-ethyl adjacent to an activating group) is 1. The first-order chi connectivity index (χ1) is 14.8. The van der Waals surface area contributed by atoms with Crippen molar-refractivity contribution in [3.63, 3.8) is 0 Å². The van der Waals surface area contributed by atoms with Crippen LogP contribution in [0.1, 0.15) is 24.2 Å². The summed E-state index contributed by atoms with van der Waals surface area (Å²) in [7, 11) is 7.28. The van der Waals surface area contributed by atoms with Crippen LogP contribution in [0.15, 0.2) is 48.5 Å². The number of nitrogens with one attached hydrogen (secondary N) is 1. The zero-order valence-electron chi connectivity index (χ0n) is 19.1. The Morgan fingerprint density at radius 3 is 2.39 bits per heavy atom. The molecule has 3 aromatic rings. The van der Waals surface area contributed by atoms with Crippen LogP contribution in [0.25, 0.3) is 22.2 Å². The van der Waals surface area contributed by atoms with E-state index in [0.29, 0.717) is 35.2 Å². The van der Waals surface area contributed by atoms with Gasteiger partial charge in [-0.2, -0.15) is 0 Å². The predicted octanol–water partition coefficient (Wildman–Crippen LogP) is 4.24. The van der Waals surface area contributed by atoms with Crippen LogP contribution in [-0.4, -0.2) is 56.7 Å². The Morgan fingerprint density at radius 2 is 1.74 bits per heavy atom. The van der Waals surface area contributed by atoms with Crippen molar-refractivity contribution in [2.24, 2.45) is 5.92 Å². The van der Waals surface area contributed by atoms with Gasteiger partial charge in [0.15, 0.2) is 11.5 Å². The molecule has 3 rings (SSSR count). The van der Waals surface area contributed by atoms with Crippen molar-refractivity contribution in [3.05, 3.63) is 54.1 Å². The summed E-state index contributed by atoms with van der Waals surface area (Å²) < 4.78 is 10.8. The maximum atomic E-state index is 13.2. The molecule has 0 saturated heterocycles. The maximum absolute atomic E-state index is 13.2. The maximum Gasteiger partial charge on any atom is 0.252 e. The van der Waals surface area contributed by atoms with Crippen molar-refractivity contribution in [2.75, 3.05) is 34.9 Å². The van der Waals surface area contributed by atoms with Crippen molar-refractivity contribution in [1.82, 2.24) is 15.2 Å². The molecule has 0 spiro atoms. The van der Waals surface area contributed by atoms with Crippen LogP contribution >= 0.6 is 0 Å². The first-order valence-corrected chi connectivity index (χ1v) is 10.4. The zero-order chi connectivity index (χ0) is 22.5. The topological polar surface area (TPSA) is 63.7 Å². The molecule has 164 valence electrons. The van der Waals surface area contributed by atoms with E-state index in [2.05, 4.69) is 24.1 Å². The number of rotatable bonds is 8. The summed E-state index contributed by atoms with van der Waals surface area (Å²) in [4.78, 5) is 20.1. The van der Waals surface area contributed by atoms with Gasteiger partial charge in [0.25, 0.3) is 5.91 Å². The van der Waals surface area contributed by atoms with Gasteiger partial charge in [0, 0.05) is 23.5 Å². The minimum Gasteiger partial charge on any atom is -0.493 e. The third kappa shape index (κ3) is 4.97. The number of aromatic nitrogens is 1. The molecule has 0 aliphatic rings. The summed E-state index contributed by atoms with van der Waals surface area (Å²) in [5, 5.41) is 3.95. The molecule has 1 heterocycles. The summed E-state index contributed by atoms with van der Waals surface area (Å²) in [6, 6.07) is 15.4. The molecule has 1 amide bonds. The van der Waals surface area contributed by atoms with Crippen LogP contribution in [0, 0.1) is 5.92 Å². The Kier molecular flexibility index (Phi) is 7.13. The second-order valence-electron chi connectivity index (χ2n) is 8.13. The summed E-state index contributed by atoms with van der Waals surface area (Å²) in [5.41, 5.74) is 2.94. The number of carbonyl (C=O) groups excluding carboxylic acids is 1. The van der Waals surface area contributed by atoms with Crippen LogP contribution < -0.4 is 14.8 Å². The van der Waals surface area contributed by atoms with Gasteiger partial charge in [0.2, 0.25) is 0 Å². The fraction of sp³-hybridized carbons (Fsp3) is 0.360. The van der Waals surface area contributed by atoms with Crippen LogP contribution in [0.4, 0.5) is 0 Å². The molecule has 0 bridgehead atoms. The van der Waals surface area contributed by atoms with Crippen molar-refractivity contribution < 1.29 is 14.3 Å². The number of methoxy groups -OCH3 is 2. The summed E-state index contributed by atoms with van der Waals surface area (Å²) >= 11 is 0. The zero-order valence-corrected chi connectivity index (χ0v) is 19.1. The van der Waals surface area contributed by atoms with Gasteiger partial charge in [-0.05, 0) is 50.3 Å². The minimum absolute atomic E-state index is 0.104. The fourth-order valence-electron chi connectivity index (χ4n) is 3.81. The number of carbonyl (C=O) groups is 1. The molecule has 2 aromatic carbocycles. The van der Waals surface area contributed by atoms with E-state index in [1.165, 1.54) is 0 Å². The molecule has 1 atom stereocenters. The van der Waals surface area contributed by atoms with Crippen LogP contribution in [-0.2, 0) is 0 Å². The van der Waals surface area contributed by atoms with Gasteiger partial charge < -0.3 is 19.7 Å². The summed E-state index contributed by atoms with van der Waals surface area (Å²) in [5.74, 6) is 1.58. The standard InChI is InChI=1S/C25H31N3O3/c1-16(2)22(28(3)4)15-26-25(29)19-14-21(27-20-10-8-7-9-18(19)20)17-11-12-23(30-5)24(13-17)31-6/h7-14,16,22H,15H2,1-6H3,(H,26,29)/t22-/m0/s1. The SMILES string of the molecule is COc1ccc(-c2cc(C(=O)NC[C@@H](C(C)C)N(C)C)c3ccccc3n2)cc1OC. The molecule has 0 aliphatic carbocycles. The van der Waals surface area contributed by atoms with Gasteiger partial charge in [0.1, 0.15) is 0 Å². The van der Waals surface area contributed by atoms with Crippen LogP contribution in [0.5, 0.6) is 11.5 Å². The Morgan fingerprint density at radius 1 is 1.03 bits per heavy atom. The number of hydrogen-bond acceptors (Lipinski definition) is 5. The van der Waals surface area contributed by atoms with E-state index in [9.17, 15) is 4.79 Å². The lowest BCUT2D eigenvalue weighted by atomic mass is 10.0. The van der Waals surface area contributed by atoms with Crippen molar-refractivity contribution in [2.45, 2.75) is 19.9 Å². The first-order valence-electron chi connectivity index (χ1n) is 10.4. The van der Waals surface area contributed by atoms with Gasteiger partial charge in [0.05, 0.1) is 31.0 Å². The molecule has 31 heavy (non-hydrogen) atoms. The van der Waals surface area contributed by atoms with E-state index in [0.717, 1.165) is 16.5 Å². The highest BCUT2D eigenvalue weighted by atomic mass is 16.5. The number of hydrogen-bond donors (Lipinski definition) is 1. The Balaban J connectivity index is 2.01. The summed E-state index contributed by atoms with van der Waals surface area (Å²) in [6.45, 7) is 4.90. The molecular weight excluding hydrogens is 390 g/mol. The largest absolute Gasteiger partial charge is 0.493 e. The average Bonchev–Trinajstić information content (AvgIpc) is 2.77. The minimum atomic E-state index is -0.104. The smallest absolute Gasteiger partial charge is 0.252 e. The Labute approximate surface area is 184 Å². The molecule has 6 heteroatoms.